The lowest BCUT2D eigenvalue weighted by atomic mass is 9.90. The molecular weight excluding hydrogens is 326 g/mol. The van der Waals surface area contributed by atoms with Crippen molar-refractivity contribution in [2.24, 2.45) is 5.10 Å². The Kier molecular flexibility index (Phi) is 5.77. The molecule has 1 aliphatic heterocycles. The number of amides is 1. The third kappa shape index (κ3) is 3.23. The van der Waals surface area contributed by atoms with Crippen LogP contribution in [0, 0.1) is 0 Å². The monoisotopic (exact) mass is 351 g/mol. The molecule has 0 radical (unpaired) electrons. The lowest BCUT2D eigenvalue weighted by Gasteiger charge is -2.39. The molecule has 1 amide bonds. The van der Waals surface area contributed by atoms with Crippen LogP contribution in [0.1, 0.15) is 32.3 Å². The van der Waals surface area contributed by atoms with Gasteiger partial charge in [-0.15, -0.1) is 5.12 Å². The molecule has 0 atom stereocenters. The Morgan fingerprint density at radius 1 is 1.17 bits per heavy atom. The van der Waals surface area contributed by atoms with Gasteiger partial charge in [-0.25, -0.2) is 5.01 Å². The molecular formula is C17H25N3O3S. The first kappa shape index (κ1) is 18.6. The number of benzene rings is 1. The molecule has 0 bridgehead atoms. The van der Waals surface area contributed by atoms with Gasteiger partial charge in [0.1, 0.15) is 0 Å². The summed E-state index contributed by atoms with van der Waals surface area (Å²) in [6.07, 6.45) is 1.63. The average Bonchev–Trinajstić information content (AvgIpc) is 2.60. The van der Waals surface area contributed by atoms with Crippen LogP contribution in [0.4, 0.5) is 4.79 Å². The minimum Gasteiger partial charge on any atom is -0.493 e. The van der Waals surface area contributed by atoms with Gasteiger partial charge in [-0.2, -0.15) is 5.10 Å². The molecule has 24 heavy (non-hydrogen) atoms. The second-order valence-electron chi connectivity index (χ2n) is 5.72. The quantitative estimate of drug-likeness (QED) is 0.784. The van der Waals surface area contributed by atoms with Gasteiger partial charge in [0.05, 0.1) is 24.7 Å². The predicted octanol–water partition coefficient (Wildman–Crippen LogP) is 3.61. The molecule has 1 aliphatic rings. The minimum atomic E-state index is -0.344. The van der Waals surface area contributed by atoms with E-state index in [0.717, 1.165) is 24.1 Å². The SMILES string of the molecule is CCC1(CC)SC(=O)N(N(C)C)N=C1c1ccc(OC)c(OC)c1. The summed E-state index contributed by atoms with van der Waals surface area (Å²) >= 11 is 1.34. The Morgan fingerprint density at radius 3 is 2.29 bits per heavy atom. The van der Waals surface area contributed by atoms with Crippen molar-refractivity contribution >= 4 is 22.7 Å². The fourth-order valence-electron chi connectivity index (χ4n) is 2.77. The summed E-state index contributed by atoms with van der Waals surface area (Å²) in [5.74, 6) is 1.32. The second kappa shape index (κ2) is 7.44. The molecule has 1 aromatic carbocycles. The molecule has 0 spiro atoms. The minimum absolute atomic E-state index is 0.0621. The van der Waals surface area contributed by atoms with Crippen molar-refractivity contribution in [3.63, 3.8) is 0 Å². The standard InChI is InChI=1S/C17H25N3O3S/c1-7-17(8-2)15(18-20(19(3)4)16(21)24-17)12-9-10-13(22-5)14(11-12)23-6/h9-11H,7-8H2,1-6H3. The van der Waals surface area contributed by atoms with Gasteiger partial charge in [-0.3, -0.25) is 4.79 Å². The smallest absolute Gasteiger partial charge is 0.317 e. The van der Waals surface area contributed by atoms with E-state index in [-0.39, 0.29) is 9.99 Å². The molecule has 0 unspecified atom stereocenters. The third-order valence-corrected chi connectivity index (χ3v) is 5.75. The molecule has 1 aromatic rings. The number of nitrogens with zero attached hydrogens (tertiary/aromatic N) is 3. The number of hydrogen-bond donors (Lipinski definition) is 0. The summed E-state index contributed by atoms with van der Waals surface area (Å²) < 4.78 is 10.4. The zero-order valence-electron chi connectivity index (χ0n) is 15.1. The van der Waals surface area contributed by atoms with Crippen LogP contribution < -0.4 is 9.47 Å². The maximum Gasteiger partial charge on any atom is 0.317 e. The number of hydrazine groups is 1. The fourth-order valence-corrected chi connectivity index (χ4v) is 3.93. The lowest BCUT2D eigenvalue weighted by Crippen LogP contribution is -2.48. The molecule has 1 heterocycles. The summed E-state index contributed by atoms with van der Waals surface area (Å²) in [5, 5.41) is 7.69. The molecule has 6 nitrogen and oxygen atoms in total. The summed E-state index contributed by atoms with van der Waals surface area (Å²) in [7, 11) is 6.83. The molecule has 0 N–H and O–H groups in total. The molecule has 0 saturated heterocycles. The molecule has 7 heteroatoms. The van der Waals surface area contributed by atoms with Crippen LogP contribution in [0.5, 0.6) is 11.5 Å². The van der Waals surface area contributed by atoms with E-state index < -0.39 is 0 Å². The van der Waals surface area contributed by atoms with Gasteiger partial charge in [-0.1, -0.05) is 13.8 Å². The number of carbonyl (C=O) groups excluding carboxylic acids is 1. The Bertz CT molecular complexity index is 642. The first-order valence-electron chi connectivity index (χ1n) is 7.94. The lowest BCUT2D eigenvalue weighted by molar-refractivity contribution is 0.0806. The molecule has 0 aliphatic carbocycles. The Hall–Kier alpha value is -1.73. The van der Waals surface area contributed by atoms with E-state index in [2.05, 4.69) is 18.9 Å². The number of hydrazone groups is 1. The van der Waals surface area contributed by atoms with E-state index in [0.29, 0.717) is 11.5 Å². The number of thioether (sulfide) groups is 1. The first-order chi connectivity index (χ1) is 11.4. The van der Waals surface area contributed by atoms with Gasteiger partial charge in [0, 0.05) is 19.7 Å². The van der Waals surface area contributed by atoms with Gasteiger partial charge in [0.2, 0.25) is 0 Å². The second-order valence-corrected chi connectivity index (χ2v) is 7.06. The maximum atomic E-state index is 12.5. The van der Waals surface area contributed by atoms with Crippen molar-refractivity contribution < 1.29 is 14.3 Å². The highest BCUT2D eigenvalue weighted by molar-refractivity contribution is 8.15. The highest BCUT2D eigenvalue weighted by Gasteiger charge is 2.43. The molecule has 132 valence electrons. The van der Waals surface area contributed by atoms with Crippen LogP contribution in [0.15, 0.2) is 23.3 Å². The normalized spacial score (nSPS) is 17.0. The molecule has 0 saturated carbocycles. The van der Waals surface area contributed by atoms with Crippen molar-refractivity contribution in [2.75, 3.05) is 28.3 Å². The zero-order chi connectivity index (χ0) is 17.9. The fraction of sp³-hybridized carbons (Fsp3) is 0.529. The van der Waals surface area contributed by atoms with E-state index in [1.807, 2.05) is 18.2 Å². The number of ether oxygens (including phenoxy) is 2. The number of hydrogen-bond acceptors (Lipinski definition) is 6. The maximum absolute atomic E-state index is 12.5. The van der Waals surface area contributed by atoms with Crippen molar-refractivity contribution in [2.45, 2.75) is 31.4 Å². The number of carbonyl (C=O) groups is 1. The van der Waals surface area contributed by atoms with E-state index in [1.165, 1.54) is 16.9 Å². The first-order valence-corrected chi connectivity index (χ1v) is 8.75. The molecule has 0 fully saturated rings. The van der Waals surface area contributed by atoms with Crippen LogP contribution in [0.25, 0.3) is 0 Å². The predicted molar refractivity (Wildman–Crippen MR) is 97.9 cm³/mol. The van der Waals surface area contributed by atoms with Gasteiger partial charge in [0.25, 0.3) is 0 Å². The topological polar surface area (TPSA) is 54.4 Å². The number of methoxy groups -OCH3 is 2. The van der Waals surface area contributed by atoms with Crippen LogP contribution >= 0.6 is 11.8 Å². The van der Waals surface area contributed by atoms with Gasteiger partial charge >= 0.3 is 5.24 Å². The molecule has 0 aromatic heterocycles. The summed E-state index contributed by atoms with van der Waals surface area (Å²) in [4.78, 5) is 12.5. The summed E-state index contributed by atoms with van der Waals surface area (Å²) in [6, 6.07) is 5.75. The van der Waals surface area contributed by atoms with E-state index in [1.54, 1.807) is 33.3 Å². The van der Waals surface area contributed by atoms with Crippen LogP contribution in [-0.2, 0) is 0 Å². The van der Waals surface area contributed by atoms with E-state index >= 15 is 0 Å². The van der Waals surface area contributed by atoms with Crippen LogP contribution in [-0.4, -0.2) is 54.1 Å². The highest BCUT2D eigenvalue weighted by Crippen LogP contribution is 2.42. The van der Waals surface area contributed by atoms with Gasteiger partial charge < -0.3 is 9.47 Å². The van der Waals surface area contributed by atoms with Crippen molar-refractivity contribution in [3.05, 3.63) is 23.8 Å². The van der Waals surface area contributed by atoms with Crippen LogP contribution in [0.3, 0.4) is 0 Å². The largest absolute Gasteiger partial charge is 0.493 e. The highest BCUT2D eigenvalue weighted by atomic mass is 32.2. The van der Waals surface area contributed by atoms with Gasteiger partial charge in [0.15, 0.2) is 11.5 Å². The zero-order valence-corrected chi connectivity index (χ0v) is 15.9. The van der Waals surface area contributed by atoms with E-state index in [4.69, 9.17) is 9.47 Å². The van der Waals surface area contributed by atoms with E-state index in [9.17, 15) is 4.79 Å². The summed E-state index contributed by atoms with van der Waals surface area (Å²) in [6.45, 7) is 4.18. The molecule has 2 rings (SSSR count). The van der Waals surface area contributed by atoms with Gasteiger partial charge in [-0.05, 0) is 42.8 Å². The number of rotatable bonds is 6. The van der Waals surface area contributed by atoms with Crippen LogP contribution in [0.2, 0.25) is 0 Å². The third-order valence-electron chi connectivity index (χ3n) is 4.25. The Balaban J connectivity index is 2.61. The Labute approximate surface area is 147 Å². The van der Waals surface area contributed by atoms with Crippen molar-refractivity contribution in [3.8, 4) is 11.5 Å². The average molecular weight is 351 g/mol. The van der Waals surface area contributed by atoms with Crippen molar-refractivity contribution in [1.29, 1.82) is 0 Å². The Morgan fingerprint density at radius 2 is 1.79 bits per heavy atom. The summed E-state index contributed by atoms with van der Waals surface area (Å²) in [5.41, 5.74) is 1.81. The van der Waals surface area contributed by atoms with Crippen molar-refractivity contribution in [1.82, 2.24) is 10.1 Å².